The summed E-state index contributed by atoms with van der Waals surface area (Å²) in [6.45, 7) is 3.69. The molecule has 1 amide bonds. The zero-order valence-corrected chi connectivity index (χ0v) is 12.0. The molecule has 0 fully saturated rings. The van der Waals surface area contributed by atoms with Crippen molar-refractivity contribution in [1.29, 1.82) is 0 Å². The molecule has 0 bridgehead atoms. The van der Waals surface area contributed by atoms with Gasteiger partial charge in [0.2, 0.25) is 5.91 Å². The minimum atomic E-state index is -0.882. The molecule has 5 heteroatoms. The second-order valence-electron chi connectivity index (χ2n) is 4.39. The van der Waals surface area contributed by atoms with Crippen LogP contribution in [-0.4, -0.2) is 17.0 Å². The number of benzene rings is 1. The molecule has 1 atom stereocenters. The Hall–Kier alpha value is -1.36. The van der Waals surface area contributed by atoms with Gasteiger partial charge in [0.05, 0.1) is 5.69 Å². The summed E-state index contributed by atoms with van der Waals surface area (Å²) in [4.78, 5) is 22.3. The fourth-order valence-corrected chi connectivity index (χ4v) is 2.00. The van der Waals surface area contributed by atoms with E-state index in [0.717, 1.165) is 10.0 Å². The van der Waals surface area contributed by atoms with Crippen LogP contribution in [0.25, 0.3) is 0 Å². The highest BCUT2D eigenvalue weighted by Crippen LogP contribution is 2.26. The van der Waals surface area contributed by atoms with E-state index in [1.54, 1.807) is 13.0 Å². The molecule has 1 unspecified atom stereocenters. The van der Waals surface area contributed by atoms with Gasteiger partial charge in [-0.2, -0.15) is 0 Å². The topological polar surface area (TPSA) is 66.4 Å². The van der Waals surface area contributed by atoms with Gasteiger partial charge in [0.25, 0.3) is 0 Å². The number of carbonyl (C=O) groups excluding carboxylic acids is 1. The number of nitrogens with one attached hydrogen (secondary N) is 1. The van der Waals surface area contributed by atoms with Gasteiger partial charge in [0.15, 0.2) is 0 Å². The zero-order chi connectivity index (χ0) is 13.7. The smallest absolute Gasteiger partial charge is 0.303 e. The van der Waals surface area contributed by atoms with Crippen LogP contribution in [0, 0.1) is 12.8 Å². The number of halogens is 1. The number of carbonyl (C=O) groups is 2. The minimum Gasteiger partial charge on any atom is -0.481 e. The van der Waals surface area contributed by atoms with Gasteiger partial charge in [-0.3, -0.25) is 9.59 Å². The van der Waals surface area contributed by atoms with E-state index in [-0.39, 0.29) is 24.7 Å². The third kappa shape index (κ3) is 4.49. The first-order valence-electron chi connectivity index (χ1n) is 5.67. The lowest BCUT2D eigenvalue weighted by molar-refractivity contribution is -0.138. The molecule has 98 valence electrons. The zero-order valence-electron chi connectivity index (χ0n) is 10.4. The predicted octanol–water partition coefficient (Wildman–Crippen LogP) is 3.20. The minimum absolute atomic E-state index is 0.00239. The molecule has 1 rings (SSSR count). The first-order chi connectivity index (χ1) is 8.40. The van der Waals surface area contributed by atoms with Gasteiger partial charge >= 0.3 is 5.97 Å². The van der Waals surface area contributed by atoms with E-state index in [9.17, 15) is 9.59 Å². The van der Waals surface area contributed by atoms with Crippen molar-refractivity contribution < 1.29 is 14.7 Å². The van der Waals surface area contributed by atoms with Gasteiger partial charge in [-0.05, 0) is 40.4 Å². The van der Waals surface area contributed by atoms with Gasteiger partial charge in [-0.25, -0.2) is 0 Å². The highest BCUT2D eigenvalue weighted by molar-refractivity contribution is 9.10. The number of amides is 1. The van der Waals surface area contributed by atoms with E-state index in [4.69, 9.17) is 5.11 Å². The predicted molar refractivity (Wildman–Crippen MR) is 73.5 cm³/mol. The van der Waals surface area contributed by atoms with Gasteiger partial charge in [-0.1, -0.05) is 19.1 Å². The number of aryl methyl sites for hydroxylation is 1. The van der Waals surface area contributed by atoms with Crippen molar-refractivity contribution in [3.63, 3.8) is 0 Å². The number of rotatable bonds is 5. The van der Waals surface area contributed by atoms with Crippen molar-refractivity contribution in [2.45, 2.75) is 26.7 Å². The molecule has 2 N–H and O–H groups in total. The molecule has 0 aromatic heterocycles. The van der Waals surface area contributed by atoms with Crippen LogP contribution in [0.4, 0.5) is 5.69 Å². The van der Waals surface area contributed by atoms with Crippen LogP contribution < -0.4 is 5.32 Å². The maximum atomic E-state index is 11.7. The largest absolute Gasteiger partial charge is 0.481 e. The first-order valence-corrected chi connectivity index (χ1v) is 6.46. The molecular formula is C13H16BrNO3. The summed E-state index contributed by atoms with van der Waals surface area (Å²) in [6.07, 6.45) is 0.203. The summed E-state index contributed by atoms with van der Waals surface area (Å²) in [5.41, 5.74) is 1.74. The van der Waals surface area contributed by atoms with Gasteiger partial charge < -0.3 is 10.4 Å². The second-order valence-corrected chi connectivity index (χ2v) is 5.18. The Labute approximate surface area is 115 Å². The lowest BCUT2D eigenvalue weighted by Crippen LogP contribution is -2.17. The lowest BCUT2D eigenvalue weighted by atomic mass is 10.0. The van der Waals surface area contributed by atoms with Crippen LogP contribution in [0.2, 0.25) is 0 Å². The molecule has 0 aliphatic carbocycles. The molecular weight excluding hydrogens is 298 g/mol. The van der Waals surface area contributed by atoms with E-state index < -0.39 is 5.97 Å². The maximum Gasteiger partial charge on any atom is 0.303 e. The number of carboxylic acids is 1. The second kappa shape index (κ2) is 6.54. The summed E-state index contributed by atoms with van der Waals surface area (Å²) < 4.78 is 0.851. The Morgan fingerprint density at radius 1 is 1.39 bits per heavy atom. The van der Waals surface area contributed by atoms with E-state index in [2.05, 4.69) is 21.2 Å². The number of hydrogen-bond donors (Lipinski definition) is 2. The fraction of sp³-hybridized carbons (Fsp3) is 0.385. The van der Waals surface area contributed by atoms with Crippen LogP contribution in [0.15, 0.2) is 22.7 Å². The molecule has 18 heavy (non-hydrogen) atoms. The molecule has 0 heterocycles. The van der Waals surface area contributed by atoms with Crippen molar-refractivity contribution in [3.8, 4) is 0 Å². The Morgan fingerprint density at radius 3 is 2.67 bits per heavy atom. The normalized spacial score (nSPS) is 11.9. The summed E-state index contributed by atoms with van der Waals surface area (Å²) >= 11 is 3.41. The van der Waals surface area contributed by atoms with Crippen molar-refractivity contribution >= 4 is 33.5 Å². The Morgan fingerprint density at radius 2 is 2.06 bits per heavy atom. The summed E-state index contributed by atoms with van der Waals surface area (Å²) in [7, 11) is 0. The molecule has 0 saturated heterocycles. The monoisotopic (exact) mass is 313 g/mol. The molecule has 0 spiro atoms. The van der Waals surface area contributed by atoms with E-state index >= 15 is 0 Å². The van der Waals surface area contributed by atoms with Crippen LogP contribution in [0.1, 0.15) is 25.3 Å². The number of hydrogen-bond acceptors (Lipinski definition) is 2. The molecule has 4 nitrogen and oxygen atoms in total. The highest BCUT2D eigenvalue weighted by Gasteiger charge is 2.13. The van der Waals surface area contributed by atoms with Gasteiger partial charge in [-0.15, -0.1) is 0 Å². The van der Waals surface area contributed by atoms with E-state index in [1.165, 1.54) is 0 Å². The molecule has 0 saturated carbocycles. The maximum absolute atomic E-state index is 11.7. The fourth-order valence-electron chi connectivity index (χ4n) is 1.63. The third-order valence-corrected chi connectivity index (χ3v) is 3.58. The number of carboxylic acid groups (broad SMARTS) is 1. The highest BCUT2D eigenvalue weighted by atomic mass is 79.9. The lowest BCUT2D eigenvalue weighted by Gasteiger charge is -2.11. The van der Waals surface area contributed by atoms with Crippen molar-refractivity contribution in [3.05, 3.63) is 28.2 Å². The average Bonchev–Trinajstić information content (AvgIpc) is 2.23. The summed E-state index contributed by atoms with van der Waals surface area (Å²) in [5, 5.41) is 11.4. The Kier molecular flexibility index (Phi) is 5.34. The van der Waals surface area contributed by atoms with E-state index in [0.29, 0.717) is 5.69 Å². The van der Waals surface area contributed by atoms with Gasteiger partial charge in [0.1, 0.15) is 0 Å². The first kappa shape index (κ1) is 14.7. The molecule has 1 aromatic carbocycles. The number of aliphatic carboxylic acids is 1. The van der Waals surface area contributed by atoms with E-state index in [1.807, 2.05) is 19.1 Å². The quantitative estimate of drug-likeness (QED) is 0.877. The molecule has 1 aromatic rings. The third-order valence-electron chi connectivity index (χ3n) is 2.52. The number of anilines is 1. The van der Waals surface area contributed by atoms with Crippen LogP contribution in [0.3, 0.4) is 0 Å². The SMILES string of the molecule is Cc1cccc(NC(=O)CC(C)CC(=O)O)c1Br. The molecule has 0 aliphatic rings. The Bertz CT molecular complexity index is 460. The van der Waals surface area contributed by atoms with Crippen LogP contribution >= 0.6 is 15.9 Å². The standard InChI is InChI=1S/C13H16BrNO3/c1-8(7-12(17)18)6-11(16)15-10-5-3-4-9(2)13(10)14/h3-5,8H,6-7H2,1-2H3,(H,15,16)(H,17,18). The van der Waals surface area contributed by atoms with Crippen molar-refractivity contribution in [2.75, 3.05) is 5.32 Å². The average molecular weight is 314 g/mol. The van der Waals surface area contributed by atoms with Crippen molar-refractivity contribution in [2.24, 2.45) is 5.92 Å². The van der Waals surface area contributed by atoms with Crippen LogP contribution in [0.5, 0.6) is 0 Å². The molecule has 0 radical (unpaired) electrons. The summed E-state index contributed by atoms with van der Waals surface area (Å²) in [5.74, 6) is -1.23. The summed E-state index contributed by atoms with van der Waals surface area (Å²) in [6, 6.07) is 5.60. The molecule has 0 aliphatic heterocycles. The van der Waals surface area contributed by atoms with Gasteiger partial charge in [0, 0.05) is 17.3 Å². The Balaban J connectivity index is 2.59. The van der Waals surface area contributed by atoms with Crippen molar-refractivity contribution in [1.82, 2.24) is 0 Å². The van der Waals surface area contributed by atoms with Crippen LogP contribution in [-0.2, 0) is 9.59 Å².